The highest BCUT2D eigenvalue weighted by Gasteiger charge is 2.09. The fraction of sp³-hybridized carbons (Fsp3) is 0.364. The second kappa shape index (κ2) is 4.24. The van der Waals surface area contributed by atoms with E-state index in [1.54, 1.807) is 0 Å². The zero-order chi connectivity index (χ0) is 9.80. The number of hydrogen-bond donors (Lipinski definition) is 1. The van der Waals surface area contributed by atoms with Crippen molar-refractivity contribution in [3.05, 3.63) is 35.4 Å². The van der Waals surface area contributed by atoms with Crippen LogP contribution in [0.4, 0.5) is 0 Å². The van der Waals surface area contributed by atoms with Crippen molar-refractivity contribution in [3.8, 4) is 0 Å². The minimum absolute atomic E-state index is 0.677. The van der Waals surface area contributed by atoms with Crippen molar-refractivity contribution in [3.63, 3.8) is 0 Å². The molecule has 0 amide bonds. The van der Waals surface area contributed by atoms with Gasteiger partial charge in [-0.25, -0.2) is 4.99 Å². The molecule has 14 heavy (non-hydrogen) atoms. The molecule has 0 atom stereocenters. The highest BCUT2D eigenvalue weighted by molar-refractivity contribution is 5.95. The van der Waals surface area contributed by atoms with Crippen molar-refractivity contribution >= 4 is 5.90 Å². The molecule has 2 N–H and O–H groups in total. The Morgan fingerprint density at radius 3 is 3.07 bits per heavy atom. The molecule has 0 aromatic heterocycles. The van der Waals surface area contributed by atoms with E-state index in [2.05, 4.69) is 17.1 Å². The van der Waals surface area contributed by atoms with E-state index in [-0.39, 0.29) is 0 Å². The lowest BCUT2D eigenvalue weighted by Gasteiger charge is -2.04. The first-order chi connectivity index (χ1) is 6.90. The molecule has 1 aliphatic heterocycles. The molecule has 3 heteroatoms. The van der Waals surface area contributed by atoms with Gasteiger partial charge in [0.25, 0.3) is 0 Å². The van der Waals surface area contributed by atoms with Crippen LogP contribution in [-0.2, 0) is 11.2 Å². The van der Waals surface area contributed by atoms with Gasteiger partial charge in [-0.1, -0.05) is 12.1 Å². The Hall–Kier alpha value is -1.35. The molecule has 3 nitrogen and oxygen atoms in total. The second-order valence-electron chi connectivity index (χ2n) is 3.27. The zero-order valence-corrected chi connectivity index (χ0v) is 8.07. The van der Waals surface area contributed by atoms with Crippen molar-refractivity contribution in [2.75, 3.05) is 19.7 Å². The van der Waals surface area contributed by atoms with Crippen LogP contribution in [0.25, 0.3) is 0 Å². The third-order valence-electron chi connectivity index (χ3n) is 2.19. The minimum atomic E-state index is 0.677. The molecule has 0 fully saturated rings. The summed E-state index contributed by atoms with van der Waals surface area (Å²) >= 11 is 0. The summed E-state index contributed by atoms with van der Waals surface area (Å²) in [5, 5.41) is 0. The quantitative estimate of drug-likeness (QED) is 0.771. The standard InChI is InChI=1S/C11H14N2O/c12-5-4-9-2-1-3-10(8-9)11-13-6-7-14-11/h1-3,8H,4-7,12H2. The second-order valence-corrected chi connectivity index (χ2v) is 3.27. The molecule has 0 radical (unpaired) electrons. The third kappa shape index (κ3) is 1.93. The number of nitrogens with two attached hydrogens (primary N) is 1. The Bertz CT molecular complexity index is 347. The first-order valence-corrected chi connectivity index (χ1v) is 4.87. The molecule has 1 heterocycles. The van der Waals surface area contributed by atoms with E-state index in [4.69, 9.17) is 10.5 Å². The maximum atomic E-state index is 5.50. The molecule has 1 aromatic carbocycles. The maximum Gasteiger partial charge on any atom is 0.216 e. The fourth-order valence-corrected chi connectivity index (χ4v) is 1.54. The molecule has 2 rings (SSSR count). The van der Waals surface area contributed by atoms with Gasteiger partial charge in [-0.2, -0.15) is 0 Å². The Labute approximate surface area is 83.6 Å². The van der Waals surface area contributed by atoms with Gasteiger partial charge in [-0.05, 0) is 30.7 Å². The predicted octanol–water partition coefficient (Wildman–Crippen LogP) is 0.965. The first-order valence-electron chi connectivity index (χ1n) is 4.87. The molecule has 0 saturated heterocycles. The molecule has 1 aliphatic rings. The van der Waals surface area contributed by atoms with Gasteiger partial charge in [-0.15, -0.1) is 0 Å². The summed E-state index contributed by atoms with van der Waals surface area (Å²) in [4.78, 5) is 4.27. The van der Waals surface area contributed by atoms with Gasteiger partial charge in [0, 0.05) is 5.56 Å². The molecule has 74 valence electrons. The summed E-state index contributed by atoms with van der Waals surface area (Å²) in [5.74, 6) is 0.767. The van der Waals surface area contributed by atoms with Crippen molar-refractivity contribution in [1.82, 2.24) is 0 Å². The molecule has 0 bridgehead atoms. The fourth-order valence-electron chi connectivity index (χ4n) is 1.54. The number of benzene rings is 1. The van der Waals surface area contributed by atoms with Crippen LogP contribution < -0.4 is 5.73 Å². The van der Waals surface area contributed by atoms with E-state index in [1.165, 1.54) is 5.56 Å². The summed E-state index contributed by atoms with van der Waals surface area (Å²) in [6.45, 7) is 2.16. The predicted molar refractivity (Wildman–Crippen MR) is 56.6 cm³/mol. The van der Waals surface area contributed by atoms with Crippen LogP contribution in [0.5, 0.6) is 0 Å². The summed E-state index contributed by atoms with van der Waals surface area (Å²) in [6.07, 6.45) is 0.904. The Kier molecular flexibility index (Phi) is 2.79. The van der Waals surface area contributed by atoms with Crippen LogP contribution >= 0.6 is 0 Å². The highest BCUT2D eigenvalue weighted by atomic mass is 16.5. The molecule has 0 aliphatic carbocycles. The van der Waals surface area contributed by atoms with Gasteiger partial charge in [-0.3, -0.25) is 0 Å². The number of ether oxygens (including phenoxy) is 1. The number of hydrogen-bond acceptors (Lipinski definition) is 3. The van der Waals surface area contributed by atoms with E-state index < -0.39 is 0 Å². The lowest BCUT2D eigenvalue weighted by atomic mass is 10.1. The van der Waals surface area contributed by atoms with Crippen LogP contribution in [-0.4, -0.2) is 25.6 Å². The van der Waals surface area contributed by atoms with E-state index in [9.17, 15) is 0 Å². The topological polar surface area (TPSA) is 47.6 Å². The molecule has 0 unspecified atom stereocenters. The van der Waals surface area contributed by atoms with Crippen LogP contribution in [0.3, 0.4) is 0 Å². The van der Waals surface area contributed by atoms with Crippen LogP contribution in [0, 0.1) is 0 Å². The van der Waals surface area contributed by atoms with Gasteiger partial charge >= 0.3 is 0 Å². The smallest absolute Gasteiger partial charge is 0.216 e. The lowest BCUT2D eigenvalue weighted by Crippen LogP contribution is -2.05. The van der Waals surface area contributed by atoms with Gasteiger partial charge < -0.3 is 10.5 Å². The largest absolute Gasteiger partial charge is 0.476 e. The van der Waals surface area contributed by atoms with Crippen molar-refractivity contribution < 1.29 is 4.74 Å². The lowest BCUT2D eigenvalue weighted by molar-refractivity contribution is 0.348. The first kappa shape index (κ1) is 9.21. The Morgan fingerprint density at radius 2 is 2.36 bits per heavy atom. The number of rotatable bonds is 3. The van der Waals surface area contributed by atoms with Crippen molar-refractivity contribution in [2.45, 2.75) is 6.42 Å². The zero-order valence-electron chi connectivity index (χ0n) is 8.07. The SMILES string of the molecule is NCCc1cccc(C2=NCCO2)c1. The van der Waals surface area contributed by atoms with Gasteiger partial charge in [0.15, 0.2) is 0 Å². The van der Waals surface area contributed by atoms with Gasteiger partial charge in [0.1, 0.15) is 6.61 Å². The molecule has 0 saturated carbocycles. The van der Waals surface area contributed by atoms with Gasteiger partial charge in [0.2, 0.25) is 5.90 Å². The number of aliphatic imine (C=N–C) groups is 1. The average Bonchev–Trinajstić information content (AvgIpc) is 2.71. The van der Waals surface area contributed by atoms with Crippen LogP contribution in [0.2, 0.25) is 0 Å². The number of nitrogens with zero attached hydrogens (tertiary/aromatic N) is 1. The van der Waals surface area contributed by atoms with Crippen molar-refractivity contribution in [1.29, 1.82) is 0 Å². The van der Waals surface area contributed by atoms with Crippen LogP contribution in [0.15, 0.2) is 29.3 Å². The van der Waals surface area contributed by atoms with Gasteiger partial charge in [0.05, 0.1) is 6.54 Å². The third-order valence-corrected chi connectivity index (χ3v) is 2.19. The van der Waals surface area contributed by atoms with Crippen molar-refractivity contribution in [2.24, 2.45) is 10.7 Å². The van der Waals surface area contributed by atoms with Crippen LogP contribution in [0.1, 0.15) is 11.1 Å². The van der Waals surface area contributed by atoms with E-state index >= 15 is 0 Å². The minimum Gasteiger partial charge on any atom is -0.476 e. The normalized spacial score (nSPS) is 15.1. The molecule has 1 aromatic rings. The van der Waals surface area contributed by atoms with E-state index in [1.807, 2.05) is 12.1 Å². The Morgan fingerprint density at radius 1 is 1.43 bits per heavy atom. The molecule has 0 spiro atoms. The summed E-state index contributed by atoms with van der Waals surface area (Å²) in [6, 6.07) is 8.21. The monoisotopic (exact) mass is 190 g/mol. The average molecular weight is 190 g/mol. The van der Waals surface area contributed by atoms with E-state index in [0.29, 0.717) is 13.2 Å². The summed E-state index contributed by atoms with van der Waals surface area (Å²) in [7, 11) is 0. The summed E-state index contributed by atoms with van der Waals surface area (Å²) < 4.78 is 5.39. The highest BCUT2D eigenvalue weighted by Crippen LogP contribution is 2.10. The molecular formula is C11H14N2O. The Balaban J connectivity index is 2.21. The maximum absolute atomic E-state index is 5.50. The summed E-state index contributed by atoms with van der Waals surface area (Å²) in [5.41, 5.74) is 7.81. The van der Waals surface area contributed by atoms with E-state index in [0.717, 1.165) is 24.4 Å². The molecular weight excluding hydrogens is 176 g/mol.